The fraction of sp³-hybridized carbons (Fsp3) is 0.632. The highest BCUT2D eigenvalue weighted by Gasteiger charge is 2.43. The van der Waals surface area contributed by atoms with Crippen molar-refractivity contribution >= 4 is 5.91 Å². The minimum Gasteiger partial charge on any atom is -0.344 e. The van der Waals surface area contributed by atoms with E-state index in [1.165, 1.54) is 11.1 Å². The zero-order valence-corrected chi connectivity index (χ0v) is 14.5. The first kappa shape index (κ1) is 17.0. The normalized spacial score (nSPS) is 17.0. The summed E-state index contributed by atoms with van der Waals surface area (Å²) < 4.78 is 0. The quantitative estimate of drug-likeness (QED) is 0.874. The zero-order valence-electron chi connectivity index (χ0n) is 14.5. The van der Waals surface area contributed by atoms with Gasteiger partial charge in [-0.1, -0.05) is 51.0 Å². The second kappa shape index (κ2) is 7.28. The largest absolute Gasteiger partial charge is 0.344 e. The lowest BCUT2D eigenvalue weighted by atomic mass is 9.77. The molecule has 122 valence electrons. The molecule has 1 aliphatic carbocycles. The van der Waals surface area contributed by atoms with E-state index in [4.69, 9.17) is 0 Å². The molecule has 22 heavy (non-hydrogen) atoms. The molecular formula is C19H30N2O. The van der Waals surface area contributed by atoms with Crippen LogP contribution in [0.15, 0.2) is 24.3 Å². The maximum Gasteiger partial charge on any atom is 0.233 e. The van der Waals surface area contributed by atoms with Gasteiger partial charge < -0.3 is 10.2 Å². The molecule has 1 aliphatic rings. The van der Waals surface area contributed by atoms with Gasteiger partial charge in [0.25, 0.3) is 0 Å². The Hall–Kier alpha value is -1.35. The molecule has 1 saturated carbocycles. The molecule has 0 heterocycles. The van der Waals surface area contributed by atoms with Crippen molar-refractivity contribution in [2.24, 2.45) is 0 Å². The van der Waals surface area contributed by atoms with Crippen molar-refractivity contribution in [3.05, 3.63) is 35.4 Å². The van der Waals surface area contributed by atoms with Gasteiger partial charge in [-0.05, 0) is 36.9 Å². The molecule has 0 radical (unpaired) electrons. The van der Waals surface area contributed by atoms with Gasteiger partial charge in [-0.15, -0.1) is 0 Å². The molecule has 0 bridgehead atoms. The van der Waals surface area contributed by atoms with Gasteiger partial charge in [0, 0.05) is 20.1 Å². The van der Waals surface area contributed by atoms with Crippen molar-refractivity contribution in [3.8, 4) is 0 Å². The van der Waals surface area contributed by atoms with E-state index in [1.54, 1.807) is 0 Å². The fourth-order valence-corrected chi connectivity index (χ4v) is 3.54. The van der Waals surface area contributed by atoms with Crippen LogP contribution in [0.2, 0.25) is 0 Å². The number of rotatable bonds is 6. The maximum atomic E-state index is 13.1. The molecule has 0 aliphatic heterocycles. The first-order valence-electron chi connectivity index (χ1n) is 8.52. The van der Waals surface area contributed by atoms with E-state index in [0.717, 1.165) is 38.8 Å². The molecule has 0 atom stereocenters. The minimum atomic E-state index is -0.294. The van der Waals surface area contributed by atoms with E-state index in [9.17, 15) is 4.79 Å². The smallest absolute Gasteiger partial charge is 0.233 e. The molecule has 0 unspecified atom stereocenters. The lowest BCUT2D eigenvalue weighted by Gasteiger charge is -2.33. The highest BCUT2D eigenvalue weighted by atomic mass is 16.2. The Bertz CT molecular complexity index is 487. The predicted molar refractivity (Wildman–Crippen MR) is 92.2 cm³/mol. The van der Waals surface area contributed by atoms with Crippen molar-refractivity contribution < 1.29 is 4.79 Å². The van der Waals surface area contributed by atoms with Gasteiger partial charge in [-0.3, -0.25) is 4.79 Å². The lowest BCUT2D eigenvalue weighted by Crippen LogP contribution is -2.45. The van der Waals surface area contributed by atoms with E-state index in [-0.39, 0.29) is 11.3 Å². The SMILES string of the molecule is CNCCN(C)C(=O)C1(c2ccc(C(C)C)cc2)CCCC1. The molecule has 1 aromatic carbocycles. The van der Waals surface area contributed by atoms with Gasteiger partial charge in [0.05, 0.1) is 5.41 Å². The van der Waals surface area contributed by atoms with E-state index in [1.807, 2.05) is 19.0 Å². The third kappa shape index (κ3) is 3.35. The standard InChI is InChI=1S/C19H30N2O/c1-15(2)16-7-9-17(10-8-16)19(11-5-6-12-19)18(22)21(4)14-13-20-3/h7-10,15,20H,5-6,11-14H2,1-4H3. The van der Waals surface area contributed by atoms with Gasteiger partial charge in [-0.2, -0.15) is 0 Å². The van der Waals surface area contributed by atoms with Gasteiger partial charge in [0.15, 0.2) is 0 Å². The Labute approximate surface area is 135 Å². The van der Waals surface area contributed by atoms with E-state index < -0.39 is 0 Å². The summed E-state index contributed by atoms with van der Waals surface area (Å²) in [6.45, 7) is 6.01. The van der Waals surface area contributed by atoms with Gasteiger partial charge >= 0.3 is 0 Å². The van der Waals surface area contributed by atoms with Crippen LogP contribution in [0, 0.1) is 0 Å². The summed E-state index contributed by atoms with van der Waals surface area (Å²) in [5.74, 6) is 0.820. The molecule has 0 spiro atoms. The summed E-state index contributed by atoms with van der Waals surface area (Å²) in [4.78, 5) is 15.0. The molecule has 1 N–H and O–H groups in total. The number of benzene rings is 1. The number of nitrogens with one attached hydrogen (secondary N) is 1. The summed E-state index contributed by atoms with van der Waals surface area (Å²) in [6, 6.07) is 8.76. The average Bonchev–Trinajstić information content (AvgIpc) is 3.02. The van der Waals surface area contributed by atoms with Crippen molar-refractivity contribution in [2.75, 3.05) is 27.2 Å². The Morgan fingerprint density at radius 3 is 2.32 bits per heavy atom. The predicted octanol–water partition coefficient (Wildman–Crippen LogP) is 3.30. The van der Waals surface area contributed by atoms with Crippen LogP contribution in [0.5, 0.6) is 0 Å². The van der Waals surface area contributed by atoms with Gasteiger partial charge in [0.2, 0.25) is 5.91 Å². The molecule has 0 aromatic heterocycles. The Balaban J connectivity index is 2.26. The monoisotopic (exact) mass is 302 g/mol. The molecule has 2 rings (SSSR count). The van der Waals surface area contributed by atoms with Crippen molar-refractivity contribution in [1.82, 2.24) is 10.2 Å². The van der Waals surface area contributed by atoms with Crippen LogP contribution in [0.4, 0.5) is 0 Å². The lowest BCUT2D eigenvalue weighted by molar-refractivity contribution is -0.136. The zero-order chi connectivity index (χ0) is 16.2. The molecule has 1 aromatic rings. The third-order valence-corrected chi connectivity index (χ3v) is 5.04. The van der Waals surface area contributed by atoms with Crippen molar-refractivity contribution in [1.29, 1.82) is 0 Å². The van der Waals surface area contributed by atoms with Gasteiger partial charge in [-0.25, -0.2) is 0 Å². The van der Waals surface area contributed by atoms with E-state index >= 15 is 0 Å². The molecule has 0 saturated heterocycles. The number of hydrogen-bond donors (Lipinski definition) is 1. The second-order valence-electron chi connectivity index (χ2n) is 6.90. The summed E-state index contributed by atoms with van der Waals surface area (Å²) in [5.41, 5.74) is 2.25. The van der Waals surface area contributed by atoms with Crippen LogP contribution in [-0.4, -0.2) is 38.0 Å². The van der Waals surface area contributed by atoms with Gasteiger partial charge in [0.1, 0.15) is 0 Å². The maximum absolute atomic E-state index is 13.1. The summed E-state index contributed by atoms with van der Waals surface area (Å²) in [6.07, 6.45) is 4.27. The first-order chi connectivity index (χ1) is 10.5. The Kier molecular flexibility index (Phi) is 5.63. The molecule has 3 nitrogen and oxygen atoms in total. The van der Waals surface area contributed by atoms with Crippen LogP contribution >= 0.6 is 0 Å². The second-order valence-corrected chi connectivity index (χ2v) is 6.90. The molecule has 3 heteroatoms. The molecule has 1 fully saturated rings. The molecular weight excluding hydrogens is 272 g/mol. The number of amides is 1. The highest BCUT2D eigenvalue weighted by Crippen LogP contribution is 2.42. The number of carbonyl (C=O) groups is 1. The van der Waals surface area contributed by atoms with Crippen LogP contribution < -0.4 is 5.32 Å². The topological polar surface area (TPSA) is 32.3 Å². The van der Waals surface area contributed by atoms with Crippen LogP contribution in [0.25, 0.3) is 0 Å². The average molecular weight is 302 g/mol. The van der Waals surface area contributed by atoms with Crippen LogP contribution in [0.3, 0.4) is 0 Å². The number of hydrogen-bond acceptors (Lipinski definition) is 2. The minimum absolute atomic E-state index is 0.289. The first-order valence-corrected chi connectivity index (χ1v) is 8.52. The highest BCUT2D eigenvalue weighted by molar-refractivity contribution is 5.88. The Morgan fingerprint density at radius 1 is 1.23 bits per heavy atom. The van der Waals surface area contributed by atoms with E-state index in [0.29, 0.717) is 5.92 Å². The number of carbonyl (C=O) groups excluding carboxylic acids is 1. The summed E-state index contributed by atoms with van der Waals surface area (Å²) in [5, 5.41) is 3.12. The number of likely N-dealkylation sites (N-methyl/N-ethyl adjacent to an activating group) is 2. The summed E-state index contributed by atoms with van der Waals surface area (Å²) >= 11 is 0. The van der Waals surface area contributed by atoms with Crippen molar-refractivity contribution in [3.63, 3.8) is 0 Å². The summed E-state index contributed by atoms with van der Waals surface area (Å²) in [7, 11) is 3.86. The van der Waals surface area contributed by atoms with Crippen LogP contribution in [-0.2, 0) is 10.2 Å². The molecule has 1 amide bonds. The Morgan fingerprint density at radius 2 is 1.82 bits per heavy atom. The fourth-order valence-electron chi connectivity index (χ4n) is 3.54. The number of nitrogens with zero attached hydrogens (tertiary/aromatic N) is 1. The van der Waals surface area contributed by atoms with Crippen LogP contribution in [0.1, 0.15) is 56.6 Å². The van der Waals surface area contributed by atoms with Crippen molar-refractivity contribution in [2.45, 2.75) is 50.9 Å². The third-order valence-electron chi connectivity index (χ3n) is 5.04. The van der Waals surface area contributed by atoms with E-state index in [2.05, 4.69) is 43.4 Å².